The number of rotatable bonds is 5. The molecule has 0 fully saturated rings. The van der Waals surface area contributed by atoms with Crippen LogP contribution in [0.15, 0.2) is 66.7 Å². The molecule has 0 unspecified atom stereocenters. The molecule has 0 N–H and O–H groups in total. The maximum absolute atomic E-state index is 13.2. The molecule has 4 rings (SSSR count). The second kappa shape index (κ2) is 8.03. The Morgan fingerprint density at radius 3 is 1.91 bits per heavy atom. The number of alkyl halides is 3. The third-order valence-electron chi connectivity index (χ3n) is 5.06. The molecule has 0 radical (unpaired) electrons. The van der Waals surface area contributed by atoms with Crippen molar-refractivity contribution in [1.29, 1.82) is 0 Å². The fourth-order valence-electron chi connectivity index (χ4n) is 3.63. The summed E-state index contributed by atoms with van der Waals surface area (Å²) in [5.41, 5.74) is -7.66. The molecule has 4 aromatic rings. The number of halogens is 3. The lowest BCUT2D eigenvalue weighted by atomic mass is 9.90. The first-order chi connectivity index (χ1) is 15.9. The van der Waals surface area contributed by atoms with Gasteiger partial charge in [-0.15, -0.1) is 0 Å². The van der Waals surface area contributed by atoms with Gasteiger partial charge in [-0.1, -0.05) is 48.5 Å². The van der Waals surface area contributed by atoms with Crippen molar-refractivity contribution >= 4 is 43.6 Å². The van der Waals surface area contributed by atoms with Crippen LogP contribution in [0.1, 0.15) is 20.7 Å². The molecule has 0 aliphatic rings. The summed E-state index contributed by atoms with van der Waals surface area (Å²) in [6.45, 7) is 0. The number of hydrogen-bond acceptors (Lipinski definition) is 7. The number of benzene rings is 4. The van der Waals surface area contributed by atoms with Crippen molar-refractivity contribution in [2.75, 3.05) is 0 Å². The number of hydrogen-bond donors (Lipinski definition) is 0. The summed E-state index contributed by atoms with van der Waals surface area (Å²) in [5, 5.41) is 24.4. The second-order valence-electron chi connectivity index (χ2n) is 7.15. The number of carboxylic acids is 2. The maximum atomic E-state index is 13.2. The van der Waals surface area contributed by atoms with E-state index >= 15 is 0 Å². The Hall–Kier alpha value is -4.12. The van der Waals surface area contributed by atoms with Gasteiger partial charge in [0.15, 0.2) is 5.75 Å². The van der Waals surface area contributed by atoms with E-state index in [1.54, 1.807) is 12.1 Å². The first kappa shape index (κ1) is 23.1. The highest BCUT2D eigenvalue weighted by Gasteiger charge is 2.49. The molecule has 0 amide bonds. The van der Waals surface area contributed by atoms with Crippen molar-refractivity contribution in [2.24, 2.45) is 0 Å². The second-order valence-corrected chi connectivity index (χ2v) is 8.69. The van der Waals surface area contributed by atoms with Crippen molar-refractivity contribution in [1.82, 2.24) is 0 Å². The number of carbonyl (C=O) groups is 2. The Balaban J connectivity index is 2.23. The number of fused-ring (bicyclic) bond motifs is 2. The van der Waals surface area contributed by atoms with Gasteiger partial charge in [0.1, 0.15) is 0 Å². The smallest absolute Gasteiger partial charge is 0.534 e. The van der Waals surface area contributed by atoms with Gasteiger partial charge in [-0.2, -0.15) is 21.6 Å². The van der Waals surface area contributed by atoms with E-state index in [1.165, 1.54) is 42.5 Å². The van der Waals surface area contributed by atoms with Gasteiger partial charge < -0.3 is 24.0 Å². The van der Waals surface area contributed by atoms with Gasteiger partial charge in [-0.3, -0.25) is 0 Å². The Bertz CT molecular complexity index is 1590. The Morgan fingerprint density at radius 2 is 1.35 bits per heavy atom. The van der Waals surface area contributed by atoms with Gasteiger partial charge in [-0.05, 0) is 50.9 Å². The molecular formula is C23H11F3O7S-2. The number of aromatic carboxylic acids is 2. The summed E-state index contributed by atoms with van der Waals surface area (Å²) >= 11 is 0. The molecule has 0 aliphatic carbocycles. The Kier molecular flexibility index (Phi) is 5.44. The van der Waals surface area contributed by atoms with Gasteiger partial charge in [-0.25, -0.2) is 0 Å². The van der Waals surface area contributed by atoms with Crippen LogP contribution < -0.4 is 14.4 Å². The summed E-state index contributed by atoms with van der Waals surface area (Å²) in [6.07, 6.45) is 0. The largest absolute Gasteiger partial charge is 0.545 e. The molecule has 7 nitrogen and oxygen atoms in total. The van der Waals surface area contributed by atoms with E-state index in [0.29, 0.717) is 10.8 Å². The molecular weight excluding hydrogens is 477 g/mol. The molecule has 0 aliphatic heterocycles. The van der Waals surface area contributed by atoms with E-state index in [2.05, 4.69) is 4.18 Å². The van der Waals surface area contributed by atoms with Gasteiger partial charge in [0.05, 0.1) is 11.9 Å². The summed E-state index contributed by atoms with van der Waals surface area (Å²) in [6, 6.07) is 15.2. The van der Waals surface area contributed by atoms with E-state index in [9.17, 15) is 41.4 Å². The standard InChI is InChI=1S/C23H13F3O7S/c24-23(25,26)34(31,32)33-20-18(22(29)30)10-13-6-2-4-8-16(13)19(20)17-11-14(21(27)28)9-12-5-1-3-7-15(12)17/h1-11H,(H,27,28)(H,29,30)/p-2. The zero-order valence-electron chi connectivity index (χ0n) is 16.8. The van der Waals surface area contributed by atoms with Crippen molar-refractivity contribution in [3.05, 3.63) is 77.9 Å². The van der Waals surface area contributed by atoms with Gasteiger partial charge >= 0.3 is 15.6 Å². The van der Waals surface area contributed by atoms with E-state index in [4.69, 9.17) is 0 Å². The van der Waals surface area contributed by atoms with Crippen LogP contribution >= 0.6 is 0 Å². The van der Waals surface area contributed by atoms with Crippen LogP contribution in [0, 0.1) is 0 Å². The highest BCUT2D eigenvalue weighted by molar-refractivity contribution is 7.88. The van der Waals surface area contributed by atoms with Crippen molar-refractivity contribution in [3.8, 4) is 16.9 Å². The van der Waals surface area contributed by atoms with Crippen LogP contribution in [-0.2, 0) is 10.1 Å². The van der Waals surface area contributed by atoms with Crippen LogP contribution in [0.5, 0.6) is 5.75 Å². The van der Waals surface area contributed by atoms with Crippen LogP contribution in [0.25, 0.3) is 32.7 Å². The quantitative estimate of drug-likeness (QED) is 0.312. The monoisotopic (exact) mass is 488 g/mol. The predicted octanol–water partition coefficient (Wildman–Crippen LogP) is 2.62. The van der Waals surface area contributed by atoms with Crippen LogP contribution in [0.2, 0.25) is 0 Å². The molecule has 4 aromatic carbocycles. The lowest BCUT2D eigenvalue weighted by Gasteiger charge is -2.21. The number of carbonyl (C=O) groups excluding carboxylic acids is 2. The zero-order chi connectivity index (χ0) is 24.8. The molecule has 0 atom stereocenters. The Labute approximate surface area is 189 Å². The third kappa shape index (κ3) is 3.90. The summed E-state index contributed by atoms with van der Waals surface area (Å²) in [5.74, 6) is -4.77. The van der Waals surface area contributed by atoms with Gasteiger partial charge in [0.2, 0.25) is 0 Å². The molecule has 0 heterocycles. The minimum atomic E-state index is -6.31. The highest BCUT2D eigenvalue weighted by Crippen LogP contribution is 2.44. The van der Waals surface area contributed by atoms with E-state index in [1.807, 2.05) is 0 Å². The molecule has 0 saturated heterocycles. The molecule has 11 heteroatoms. The predicted molar refractivity (Wildman–Crippen MR) is 111 cm³/mol. The topological polar surface area (TPSA) is 124 Å². The maximum Gasteiger partial charge on any atom is 0.534 e. The Morgan fingerprint density at radius 1 is 0.794 bits per heavy atom. The van der Waals surface area contributed by atoms with E-state index < -0.39 is 38.9 Å². The SMILES string of the molecule is O=C([O-])c1cc(-c2c(OS(=O)(=O)C(F)(F)F)c(C(=O)[O-])cc3ccccc23)c2ccccc2c1. The van der Waals surface area contributed by atoms with Gasteiger partial charge in [0.25, 0.3) is 0 Å². The third-order valence-corrected chi connectivity index (χ3v) is 6.02. The first-order valence-electron chi connectivity index (χ1n) is 9.43. The minimum absolute atomic E-state index is 0.0797. The minimum Gasteiger partial charge on any atom is -0.545 e. The normalized spacial score (nSPS) is 12.1. The fourth-order valence-corrected chi connectivity index (χ4v) is 4.11. The van der Waals surface area contributed by atoms with Crippen molar-refractivity contribution in [2.45, 2.75) is 5.51 Å². The van der Waals surface area contributed by atoms with Crippen molar-refractivity contribution in [3.63, 3.8) is 0 Å². The summed E-state index contributed by atoms with van der Waals surface area (Å²) in [4.78, 5) is 23.5. The average Bonchev–Trinajstić information content (AvgIpc) is 2.76. The zero-order valence-corrected chi connectivity index (χ0v) is 17.6. The molecule has 0 spiro atoms. The highest BCUT2D eigenvalue weighted by atomic mass is 32.2. The van der Waals surface area contributed by atoms with Crippen LogP contribution in [-0.4, -0.2) is 25.9 Å². The lowest BCUT2D eigenvalue weighted by molar-refractivity contribution is -0.256. The van der Waals surface area contributed by atoms with Crippen molar-refractivity contribution < 1.29 is 45.6 Å². The fraction of sp³-hybridized carbons (Fsp3) is 0.0435. The molecule has 34 heavy (non-hydrogen) atoms. The molecule has 0 saturated carbocycles. The molecule has 0 aromatic heterocycles. The lowest BCUT2D eigenvalue weighted by Crippen LogP contribution is -2.30. The van der Waals surface area contributed by atoms with E-state index in [-0.39, 0.29) is 27.5 Å². The van der Waals surface area contributed by atoms with Crippen LogP contribution in [0.3, 0.4) is 0 Å². The molecule has 0 bridgehead atoms. The number of carboxylic acid groups (broad SMARTS) is 2. The molecule has 174 valence electrons. The summed E-state index contributed by atoms with van der Waals surface area (Å²) in [7, 11) is -6.31. The van der Waals surface area contributed by atoms with Gasteiger partial charge in [0, 0.05) is 11.1 Å². The first-order valence-corrected chi connectivity index (χ1v) is 10.8. The van der Waals surface area contributed by atoms with Crippen LogP contribution in [0.4, 0.5) is 13.2 Å². The average molecular weight is 488 g/mol. The van der Waals surface area contributed by atoms with E-state index in [0.717, 1.165) is 12.1 Å². The summed E-state index contributed by atoms with van der Waals surface area (Å²) < 4.78 is 67.6.